The van der Waals surface area contributed by atoms with Gasteiger partial charge < -0.3 is 14.5 Å². The molecule has 0 bridgehead atoms. The topological polar surface area (TPSA) is 49.9 Å². The zero-order chi connectivity index (χ0) is 16.0. The van der Waals surface area contributed by atoms with E-state index in [1.54, 1.807) is 0 Å². The molecule has 1 aromatic carbocycles. The largest absolute Gasteiger partial charge is 0.487 e. The van der Waals surface area contributed by atoms with E-state index in [9.17, 15) is 9.59 Å². The van der Waals surface area contributed by atoms with Gasteiger partial charge in [-0.05, 0) is 37.5 Å². The average Bonchev–Trinajstić information content (AvgIpc) is 3.24. The summed E-state index contributed by atoms with van der Waals surface area (Å²) in [5.74, 6) is 0.977. The predicted molar refractivity (Wildman–Crippen MR) is 85.0 cm³/mol. The van der Waals surface area contributed by atoms with Crippen LogP contribution in [0.1, 0.15) is 24.8 Å². The monoisotopic (exact) mass is 314 g/mol. The molecule has 1 aromatic rings. The van der Waals surface area contributed by atoms with Gasteiger partial charge in [0.25, 0.3) is 0 Å². The minimum absolute atomic E-state index is 0.0670. The number of rotatable bonds is 4. The molecule has 2 heterocycles. The van der Waals surface area contributed by atoms with E-state index in [-0.39, 0.29) is 23.8 Å². The first-order valence-electron chi connectivity index (χ1n) is 8.42. The Bertz CT molecular complexity index is 635. The molecule has 2 saturated heterocycles. The van der Waals surface area contributed by atoms with Crippen LogP contribution in [0.25, 0.3) is 0 Å². The highest BCUT2D eigenvalue weighted by Crippen LogP contribution is 2.33. The molecule has 2 amide bonds. The van der Waals surface area contributed by atoms with E-state index >= 15 is 0 Å². The number of hydrogen-bond acceptors (Lipinski definition) is 3. The quantitative estimate of drug-likeness (QED) is 0.848. The summed E-state index contributed by atoms with van der Waals surface area (Å²) in [6.45, 7) is 3.90. The van der Waals surface area contributed by atoms with Crippen LogP contribution in [0.15, 0.2) is 24.3 Å². The Kier molecular flexibility index (Phi) is 3.51. The standard InChI is InChI=1S/C18H22N2O3/c1-12-3-2-4-15(7-12)23-16-10-19(11-16)18(22)13-8-17(21)20(9-13)14-5-6-14/h2-4,7,13-14,16H,5-6,8-11H2,1H3/t13-/m0/s1. The van der Waals surface area contributed by atoms with Crippen LogP contribution in [0.5, 0.6) is 5.75 Å². The normalized spacial score (nSPS) is 24.7. The molecule has 1 aliphatic carbocycles. The van der Waals surface area contributed by atoms with Crippen molar-refractivity contribution in [3.05, 3.63) is 29.8 Å². The Morgan fingerprint density at radius 3 is 2.70 bits per heavy atom. The van der Waals surface area contributed by atoms with E-state index in [0.717, 1.165) is 18.6 Å². The fraction of sp³-hybridized carbons (Fsp3) is 0.556. The van der Waals surface area contributed by atoms with Gasteiger partial charge in [0.05, 0.1) is 19.0 Å². The highest BCUT2D eigenvalue weighted by atomic mass is 16.5. The molecule has 5 nitrogen and oxygen atoms in total. The lowest BCUT2D eigenvalue weighted by Crippen LogP contribution is -2.57. The summed E-state index contributed by atoms with van der Waals surface area (Å²) in [5.41, 5.74) is 1.17. The lowest BCUT2D eigenvalue weighted by Gasteiger charge is -2.40. The van der Waals surface area contributed by atoms with Crippen LogP contribution >= 0.6 is 0 Å². The van der Waals surface area contributed by atoms with Crippen molar-refractivity contribution < 1.29 is 14.3 Å². The van der Waals surface area contributed by atoms with Crippen molar-refractivity contribution in [3.8, 4) is 5.75 Å². The summed E-state index contributed by atoms with van der Waals surface area (Å²) < 4.78 is 5.89. The van der Waals surface area contributed by atoms with Crippen LogP contribution in [-0.4, -0.2) is 53.4 Å². The summed E-state index contributed by atoms with van der Waals surface area (Å²) in [5, 5.41) is 0. The van der Waals surface area contributed by atoms with Gasteiger partial charge in [-0.15, -0.1) is 0 Å². The molecule has 122 valence electrons. The van der Waals surface area contributed by atoms with Gasteiger partial charge in [-0.25, -0.2) is 0 Å². The smallest absolute Gasteiger partial charge is 0.228 e. The molecular weight excluding hydrogens is 292 g/mol. The Labute approximate surface area is 136 Å². The minimum Gasteiger partial charge on any atom is -0.487 e. The summed E-state index contributed by atoms with van der Waals surface area (Å²) in [7, 11) is 0. The number of carbonyl (C=O) groups excluding carboxylic acids is 2. The molecule has 1 saturated carbocycles. The Balaban J connectivity index is 1.28. The van der Waals surface area contributed by atoms with Gasteiger partial charge >= 0.3 is 0 Å². The van der Waals surface area contributed by atoms with Crippen molar-refractivity contribution in [3.63, 3.8) is 0 Å². The predicted octanol–water partition coefficient (Wildman–Crippen LogP) is 1.60. The lowest BCUT2D eigenvalue weighted by atomic mass is 10.0. The molecule has 0 spiro atoms. The number of carbonyl (C=O) groups is 2. The van der Waals surface area contributed by atoms with Crippen LogP contribution < -0.4 is 4.74 Å². The molecule has 0 aromatic heterocycles. The number of benzene rings is 1. The highest BCUT2D eigenvalue weighted by molar-refractivity contribution is 5.90. The van der Waals surface area contributed by atoms with Crippen LogP contribution in [-0.2, 0) is 9.59 Å². The molecule has 2 aliphatic heterocycles. The van der Waals surface area contributed by atoms with E-state index in [2.05, 4.69) is 0 Å². The van der Waals surface area contributed by atoms with Gasteiger partial charge in [0.2, 0.25) is 11.8 Å². The lowest BCUT2D eigenvalue weighted by molar-refractivity contribution is -0.144. The molecule has 4 rings (SSSR count). The Morgan fingerprint density at radius 2 is 2.00 bits per heavy atom. The zero-order valence-electron chi connectivity index (χ0n) is 13.4. The van der Waals surface area contributed by atoms with Gasteiger partial charge in [0, 0.05) is 19.0 Å². The molecular formula is C18H22N2O3. The number of likely N-dealkylation sites (tertiary alicyclic amines) is 2. The number of aryl methyl sites for hydroxylation is 1. The maximum Gasteiger partial charge on any atom is 0.228 e. The first-order chi connectivity index (χ1) is 11.1. The van der Waals surface area contributed by atoms with E-state index in [0.29, 0.717) is 32.1 Å². The third kappa shape index (κ3) is 2.92. The van der Waals surface area contributed by atoms with Gasteiger partial charge in [-0.2, -0.15) is 0 Å². The maximum atomic E-state index is 12.5. The summed E-state index contributed by atoms with van der Waals surface area (Å²) >= 11 is 0. The highest BCUT2D eigenvalue weighted by Gasteiger charge is 2.44. The van der Waals surface area contributed by atoms with Crippen molar-refractivity contribution in [1.82, 2.24) is 9.80 Å². The van der Waals surface area contributed by atoms with E-state index in [1.165, 1.54) is 5.56 Å². The number of amides is 2. The second kappa shape index (κ2) is 5.55. The Morgan fingerprint density at radius 1 is 1.22 bits per heavy atom. The zero-order valence-corrected chi connectivity index (χ0v) is 13.4. The molecule has 0 N–H and O–H groups in total. The van der Waals surface area contributed by atoms with Crippen LogP contribution in [0.2, 0.25) is 0 Å². The summed E-state index contributed by atoms with van der Waals surface area (Å²) in [6, 6.07) is 8.37. The van der Waals surface area contributed by atoms with Crippen molar-refractivity contribution in [1.29, 1.82) is 0 Å². The Hall–Kier alpha value is -2.04. The molecule has 3 aliphatic rings. The van der Waals surface area contributed by atoms with E-state index < -0.39 is 0 Å². The molecule has 0 radical (unpaired) electrons. The van der Waals surface area contributed by atoms with Crippen molar-refractivity contribution >= 4 is 11.8 Å². The van der Waals surface area contributed by atoms with Gasteiger partial charge in [-0.3, -0.25) is 9.59 Å². The average molecular weight is 314 g/mol. The number of nitrogens with zero attached hydrogens (tertiary/aromatic N) is 2. The third-order valence-electron chi connectivity index (χ3n) is 4.95. The van der Waals surface area contributed by atoms with Crippen LogP contribution in [0, 0.1) is 12.8 Å². The van der Waals surface area contributed by atoms with Gasteiger partial charge in [-0.1, -0.05) is 12.1 Å². The van der Waals surface area contributed by atoms with E-state index in [4.69, 9.17) is 4.74 Å². The first-order valence-corrected chi connectivity index (χ1v) is 8.42. The fourth-order valence-electron chi connectivity index (χ4n) is 3.47. The maximum absolute atomic E-state index is 12.5. The molecule has 0 unspecified atom stereocenters. The van der Waals surface area contributed by atoms with Crippen molar-refractivity contribution in [2.24, 2.45) is 5.92 Å². The number of ether oxygens (including phenoxy) is 1. The van der Waals surface area contributed by atoms with Gasteiger partial charge in [0.15, 0.2) is 0 Å². The molecule has 5 heteroatoms. The van der Waals surface area contributed by atoms with Crippen molar-refractivity contribution in [2.45, 2.75) is 38.3 Å². The van der Waals surface area contributed by atoms with Crippen LogP contribution in [0.3, 0.4) is 0 Å². The summed E-state index contributed by atoms with van der Waals surface area (Å²) in [4.78, 5) is 28.2. The van der Waals surface area contributed by atoms with Crippen molar-refractivity contribution in [2.75, 3.05) is 19.6 Å². The number of hydrogen-bond donors (Lipinski definition) is 0. The first kappa shape index (κ1) is 14.5. The third-order valence-corrected chi connectivity index (χ3v) is 4.95. The SMILES string of the molecule is Cc1cccc(OC2CN(C(=O)[C@H]3CC(=O)N(C4CC4)C3)C2)c1. The summed E-state index contributed by atoms with van der Waals surface area (Å²) in [6.07, 6.45) is 2.65. The minimum atomic E-state index is -0.150. The van der Waals surface area contributed by atoms with Crippen LogP contribution in [0.4, 0.5) is 0 Å². The molecule has 1 atom stereocenters. The second-order valence-electron chi connectivity index (χ2n) is 6.98. The second-order valence-corrected chi connectivity index (χ2v) is 6.98. The van der Waals surface area contributed by atoms with Gasteiger partial charge in [0.1, 0.15) is 11.9 Å². The fourth-order valence-corrected chi connectivity index (χ4v) is 3.47. The van der Waals surface area contributed by atoms with E-state index in [1.807, 2.05) is 41.0 Å². The molecule has 23 heavy (non-hydrogen) atoms. The molecule has 3 fully saturated rings.